The zero-order valence-electron chi connectivity index (χ0n) is 17.3. The fourth-order valence-electron chi connectivity index (χ4n) is 3.98. The lowest BCUT2D eigenvalue weighted by molar-refractivity contribution is -0.125. The van der Waals surface area contributed by atoms with Gasteiger partial charge in [-0.1, -0.05) is 13.8 Å². The maximum Gasteiger partial charge on any atom is 0.265 e. The molecular formula is C20H29N3O5S. The number of amides is 2. The van der Waals surface area contributed by atoms with Gasteiger partial charge in [0.25, 0.3) is 5.91 Å². The number of carbonyl (C=O) groups is 2. The summed E-state index contributed by atoms with van der Waals surface area (Å²) >= 11 is 0. The number of hydrogen-bond acceptors (Lipinski definition) is 5. The summed E-state index contributed by atoms with van der Waals surface area (Å²) in [6.07, 6.45) is 0.997. The Morgan fingerprint density at radius 2 is 1.90 bits per heavy atom. The highest BCUT2D eigenvalue weighted by atomic mass is 32.2. The van der Waals surface area contributed by atoms with Crippen LogP contribution in [0.2, 0.25) is 0 Å². The van der Waals surface area contributed by atoms with Gasteiger partial charge in [0.05, 0.1) is 10.6 Å². The number of rotatable bonds is 5. The summed E-state index contributed by atoms with van der Waals surface area (Å²) in [5.74, 6) is 0.264. The van der Waals surface area contributed by atoms with Crippen molar-refractivity contribution in [1.82, 2.24) is 9.62 Å². The van der Waals surface area contributed by atoms with Crippen LogP contribution in [-0.2, 0) is 19.6 Å². The standard InChI is InChI=1S/C20H29N3O5S/c1-13(2)21-19(24)11-23-17-8-16(5-6-18(17)28-12-20(23)25)29(26,27)22-9-14(3)7-15(4)10-22/h5-6,8,13-15H,7,9-12H2,1-4H3,(H,21,24). The maximum absolute atomic E-state index is 13.2. The van der Waals surface area contributed by atoms with Crippen molar-refractivity contribution in [3.8, 4) is 5.75 Å². The molecular weight excluding hydrogens is 394 g/mol. The van der Waals surface area contributed by atoms with Crippen LogP contribution < -0.4 is 15.0 Å². The van der Waals surface area contributed by atoms with E-state index >= 15 is 0 Å². The first-order chi connectivity index (χ1) is 13.6. The van der Waals surface area contributed by atoms with Crippen LogP contribution in [0.5, 0.6) is 5.75 Å². The first kappa shape index (κ1) is 21.6. The van der Waals surface area contributed by atoms with E-state index in [2.05, 4.69) is 5.32 Å². The number of nitrogens with zero attached hydrogens (tertiary/aromatic N) is 2. The van der Waals surface area contributed by atoms with Crippen LogP contribution in [0, 0.1) is 11.8 Å². The quantitative estimate of drug-likeness (QED) is 0.776. The Bertz CT molecular complexity index is 889. The van der Waals surface area contributed by atoms with Crippen LogP contribution in [0.25, 0.3) is 0 Å². The van der Waals surface area contributed by atoms with E-state index in [4.69, 9.17) is 4.74 Å². The molecule has 1 fully saturated rings. The molecule has 0 saturated carbocycles. The van der Waals surface area contributed by atoms with Crippen molar-refractivity contribution in [2.24, 2.45) is 11.8 Å². The molecule has 0 radical (unpaired) electrons. The zero-order valence-corrected chi connectivity index (χ0v) is 18.2. The van der Waals surface area contributed by atoms with Crippen LogP contribution in [0.3, 0.4) is 0 Å². The third kappa shape index (κ3) is 4.72. The minimum atomic E-state index is -3.71. The Labute approximate surface area is 172 Å². The topological polar surface area (TPSA) is 96.0 Å². The van der Waals surface area contributed by atoms with Gasteiger partial charge >= 0.3 is 0 Å². The molecule has 1 aromatic rings. The van der Waals surface area contributed by atoms with Crippen molar-refractivity contribution in [1.29, 1.82) is 0 Å². The van der Waals surface area contributed by atoms with Gasteiger partial charge in [-0.2, -0.15) is 4.31 Å². The first-order valence-electron chi connectivity index (χ1n) is 9.94. The molecule has 160 valence electrons. The summed E-state index contributed by atoms with van der Waals surface area (Å²) in [7, 11) is -3.71. The van der Waals surface area contributed by atoms with Crippen LogP contribution in [-0.4, -0.2) is 56.8 Å². The molecule has 2 amide bonds. The molecule has 1 aromatic carbocycles. The molecule has 0 spiro atoms. The number of nitrogens with one attached hydrogen (secondary N) is 1. The number of fused-ring (bicyclic) bond motifs is 1. The van der Waals surface area contributed by atoms with E-state index in [1.165, 1.54) is 21.3 Å². The Kier molecular flexibility index (Phi) is 6.19. The van der Waals surface area contributed by atoms with Crippen LogP contribution >= 0.6 is 0 Å². The number of piperidine rings is 1. The fourth-order valence-corrected chi connectivity index (χ4v) is 5.68. The summed E-state index contributed by atoms with van der Waals surface area (Å²) < 4.78 is 33.4. The molecule has 0 aliphatic carbocycles. The normalized spacial score (nSPS) is 22.9. The monoisotopic (exact) mass is 423 g/mol. The summed E-state index contributed by atoms with van der Waals surface area (Å²) in [6.45, 7) is 8.33. The average Bonchev–Trinajstić information content (AvgIpc) is 2.62. The number of hydrogen-bond donors (Lipinski definition) is 1. The van der Waals surface area contributed by atoms with Crippen molar-refractivity contribution in [2.75, 3.05) is 31.1 Å². The highest BCUT2D eigenvalue weighted by Gasteiger charge is 2.34. The van der Waals surface area contributed by atoms with Gasteiger partial charge in [0, 0.05) is 19.1 Å². The molecule has 9 heteroatoms. The fraction of sp³-hybridized carbons (Fsp3) is 0.600. The van der Waals surface area contributed by atoms with Gasteiger partial charge in [-0.15, -0.1) is 0 Å². The predicted octanol–water partition coefficient (Wildman–Crippen LogP) is 1.60. The number of anilines is 1. The highest BCUT2D eigenvalue weighted by molar-refractivity contribution is 7.89. The third-order valence-electron chi connectivity index (χ3n) is 5.10. The van der Waals surface area contributed by atoms with Crippen molar-refractivity contribution in [2.45, 2.75) is 45.1 Å². The van der Waals surface area contributed by atoms with E-state index < -0.39 is 10.0 Å². The molecule has 1 N–H and O–H groups in total. The molecule has 2 unspecified atom stereocenters. The van der Waals surface area contributed by atoms with Gasteiger partial charge in [0.2, 0.25) is 15.9 Å². The Hall–Kier alpha value is -2.13. The number of ether oxygens (including phenoxy) is 1. The number of benzene rings is 1. The van der Waals surface area contributed by atoms with Crippen molar-refractivity contribution >= 4 is 27.5 Å². The molecule has 2 atom stereocenters. The summed E-state index contributed by atoms with van der Waals surface area (Å²) in [6, 6.07) is 4.43. The molecule has 29 heavy (non-hydrogen) atoms. The number of carbonyl (C=O) groups excluding carboxylic acids is 2. The maximum atomic E-state index is 13.2. The molecule has 8 nitrogen and oxygen atoms in total. The highest BCUT2D eigenvalue weighted by Crippen LogP contribution is 2.36. The Balaban J connectivity index is 1.92. The van der Waals surface area contributed by atoms with Crippen molar-refractivity contribution in [3.05, 3.63) is 18.2 Å². The smallest absolute Gasteiger partial charge is 0.265 e. The minimum Gasteiger partial charge on any atom is -0.482 e. The van der Waals surface area contributed by atoms with Gasteiger partial charge < -0.3 is 10.1 Å². The van der Waals surface area contributed by atoms with E-state index in [9.17, 15) is 18.0 Å². The van der Waals surface area contributed by atoms with Crippen molar-refractivity contribution in [3.63, 3.8) is 0 Å². The van der Waals surface area contributed by atoms with Crippen molar-refractivity contribution < 1.29 is 22.7 Å². The van der Waals surface area contributed by atoms with Gasteiger partial charge in [0.15, 0.2) is 6.61 Å². The molecule has 0 bridgehead atoms. The summed E-state index contributed by atoms with van der Waals surface area (Å²) in [5.41, 5.74) is 0.305. The largest absolute Gasteiger partial charge is 0.482 e. The summed E-state index contributed by atoms with van der Waals surface area (Å²) in [4.78, 5) is 26.0. The predicted molar refractivity (Wildman–Crippen MR) is 109 cm³/mol. The van der Waals surface area contributed by atoms with E-state index in [-0.39, 0.29) is 47.7 Å². The molecule has 0 aromatic heterocycles. The first-order valence-corrected chi connectivity index (χ1v) is 11.4. The molecule has 2 aliphatic heterocycles. The van der Waals surface area contributed by atoms with Crippen LogP contribution in [0.1, 0.15) is 34.1 Å². The summed E-state index contributed by atoms with van der Waals surface area (Å²) in [5, 5.41) is 2.75. The van der Waals surface area contributed by atoms with Crippen LogP contribution in [0.4, 0.5) is 5.69 Å². The van der Waals surface area contributed by atoms with E-state index in [0.29, 0.717) is 24.5 Å². The Morgan fingerprint density at radius 1 is 1.24 bits per heavy atom. The number of sulfonamides is 1. The second-order valence-corrected chi connectivity index (χ2v) is 10.3. The zero-order chi connectivity index (χ0) is 21.3. The second kappa shape index (κ2) is 8.31. The lowest BCUT2D eigenvalue weighted by Gasteiger charge is -2.34. The third-order valence-corrected chi connectivity index (χ3v) is 6.93. The van der Waals surface area contributed by atoms with Gasteiger partial charge in [0.1, 0.15) is 12.3 Å². The van der Waals surface area contributed by atoms with E-state index in [0.717, 1.165) is 6.42 Å². The van der Waals surface area contributed by atoms with E-state index in [1.54, 1.807) is 6.07 Å². The molecule has 1 saturated heterocycles. The Morgan fingerprint density at radius 3 is 2.52 bits per heavy atom. The molecule has 2 aliphatic rings. The minimum absolute atomic E-state index is 0.0621. The van der Waals surface area contributed by atoms with Gasteiger partial charge in [-0.3, -0.25) is 14.5 Å². The van der Waals surface area contributed by atoms with E-state index in [1.807, 2.05) is 27.7 Å². The van der Waals surface area contributed by atoms with Gasteiger partial charge in [-0.25, -0.2) is 8.42 Å². The molecule has 2 heterocycles. The second-order valence-electron chi connectivity index (χ2n) is 8.39. The van der Waals surface area contributed by atoms with Crippen LogP contribution in [0.15, 0.2) is 23.1 Å². The molecule has 3 rings (SSSR count). The van der Waals surface area contributed by atoms with Gasteiger partial charge in [-0.05, 0) is 50.3 Å². The lowest BCUT2D eigenvalue weighted by Crippen LogP contribution is -2.46. The average molecular weight is 424 g/mol. The SMILES string of the molecule is CC1CC(C)CN(S(=O)(=O)c2ccc3c(c2)N(CC(=O)NC(C)C)C(=O)CO3)C1. The lowest BCUT2D eigenvalue weighted by atomic mass is 9.94.